The highest BCUT2D eigenvalue weighted by Gasteiger charge is 2.15. The maximum absolute atomic E-state index is 12.1. The van der Waals surface area contributed by atoms with Crippen LogP contribution in [0.3, 0.4) is 0 Å². The van der Waals surface area contributed by atoms with Gasteiger partial charge in [0, 0.05) is 10.0 Å². The van der Waals surface area contributed by atoms with Crippen molar-refractivity contribution >= 4 is 62.0 Å². The van der Waals surface area contributed by atoms with Crippen LogP contribution in [0.5, 0.6) is 0 Å². The lowest BCUT2D eigenvalue weighted by molar-refractivity contribution is -0.139. The highest BCUT2D eigenvalue weighted by Crippen LogP contribution is 2.26. The van der Waals surface area contributed by atoms with Crippen molar-refractivity contribution in [1.29, 1.82) is 0 Å². The molecular formula is C19H14BrCl2N7O2. The molecule has 2 aromatic heterocycles. The highest BCUT2D eigenvalue weighted by atomic mass is 79.9. The molecule has 0 aliphatic heterocycles. The first-order valence-corrected chi connectivity index (χ1v) is 10.5. The van der Waals surface area contributed by atoms with Gasteiger partial charge in [-0.3, -0.25) is 14.7 Å². The number of nitrogens with zero attached hydrogens (tertiary/aromatic N) is 3. The number of halogens is 3. The van der Waals surface area contributed by atoms with Crippen LogP contribution >= 0.6 is 39.1 Å². The third-order valence-electron chi connectivity index (χ3n) is 4.25. The van der Waals surface area contributed by atoms with E-state index in [9.17, 15) is 9.59 Å². The Morgan fingerprint density at radius 1 is 0.935 bits per heavy atom. The predicted octanol–water partition coefficient (Wildman–Crippen LogP) is 3.35. The molecule has 0 aliphatic carbocycles. The minimum atomic E-state index is -0.802. The van der Waals surface area contributed by atoms with Gasteiger partial charge in [-0.25, -0.2) is 9.97 Å². The zero-order valence-corrected chi connectivity index (χ0v) is 18.8. The molecule has 0 saturated carbocycles. The molecule has 0 atom stereocenters. The Morgan fingerprint density at radius 3 is 2.29 bits per heavy atom. The monoisotopic (exact) mass is 521 g/mol. The molecule has 158 valence electrons. The van der Waals surface area contributed by atoms with Gasteiger partial charge in [0.1, 0.15) is 11.6 Å². The first-order chi connectivity index (χ1) is 14.9. The number of fused-ring (bicyclic) bond motifs is 1. The molecule has 2 heterocycles. The van der Waals surface area contributed by atoms with Crippen LogP contribution in [-0.4, -0.2) is 37.0 Å². The Morgan fingerprint density at radius 2 is 1.58 bits per heavy atom. The van der Waals surface area contributed by atoms with E-state index in [1.807, 2.05) is 24.3 Å². The summed E-state index contributed by atoms with van der Waals surface area (Å²) >= 11 is 15.3. The van der Waals surface area contributed by atoms with Gasteiger partial charge in [-0.2, -0.15) is 5.10 Å². The molecule has 0 aliphatic rings. The van der Waals surface area contributed by atoms with Crippen molar-refractivity contribution in [1.82, 2.24) is 35.8 Å². The predicted molar refractivity (Wildman–Crippen MR) is 119 cm³/mol. The van der Waals surface area contributed by atoms with E-state index in [2.05, 4.69) is 51.7 Å². The Kier molecular flexibility index (Phi) is 6.21. The molecule has 2 aromatic carbocycles. The second kappa shape index (κ2) is 9.04. The fraction of sp³-hybridized carbons (Fsp3) is 0.105. The number of benzene rings is 2. The highest BCUT2D eigenvalue weighted by molar-refractivity contribution is 9.10. The lowest BCUT2D eigenvalue weighted by Crippen LogP contribution is -2.39. The molecule has 12 heteroatoms. The number of carbonyl (C=O) groups excluding carboxylic acids is 2. The van der Waals surface area contributed by atoms with E-state index in [1.165, 1.54) is 0 Å². The molecule has 0 fully saturated rings. The van der Waals surface area contributed by atoms with E-state index in [4.69, 9.17) is 23.2 Å². The maximum Gasteiger partial charge on any atom is 0.309 e. The van der Waals surface area contributed by atoms with Gasteiger partial charge in [0.05, 0.1) is 34.2 Å². The van der Waals surface area contributed by atoms with Gasteiger partial charge < -0.3 is 15.6 Å². The summed E-state index contributed by atoms with van der Waals surface area (Å²) in [4.78, 5) is 35.7. The molecule has 2 amide bonds. The molecule has 0 bridgehead atoms. The van der Waals surface area contributed by atoms with Crippen molar-refractivity contribution in [3.63, 3.8) is 0 Å². The second-order valence-corrected chi connectivity index (χ2v) is 8.17. The molecule has 4 N–H and O–H groups in total. The SMILES string of the molecule is O=C(NCc1nc(-c2ccc(Br)cc2)n[nH]1)C(=O)NCc1nc2cc(Cl)c(Cl)cc2[nH]1. The van der Waals surface area contributed by atoms with E-state index >= 15 is 0 Å². The lowest BCUT2D eigenvalue weighted by atomic mass is 10.2. The number of nitrogens with one attached hydrogen (secondary N) is 4. The summed E-state index contributed by atoms with van der Waals surface area (Å²) in [5.74, 6) is -0.228. The Hall–Kier alpha value is -2.95. The molecule has 31 heavy (non-hydrogen) atoms. The second-order valence-electron chi connectivity index (χ2n) is 6.44. The molecule has 0 spiro atoms. The van der Waals surface area contributed by atoms with Crippen LogP contribution in [0, 0.1) is 0 Å². The van der Waals surface area contributed by atoms with E-state index < -0.39 is 11.8 Å². The number of carbonyl (C=O) groups is 2. The zero-order valence-electron chi connectivity index (χ0n) is 15.7. The minimum Gasteiger partial charge on any atom is -0.341 e. The lowest BCUT2D eigenvalue weighted by Gasteiger charge is -2.03. The average molecular weight is 523 g/mol. The minimum absolute atomic E-state index is 0.0252. The van der Waals surface area contributed by atoms with Crippen LogP contribution in [0.1, 0.15) is 11.6 Å². The quantitative estimate of drug-likeness (QED) is 0.299. The van der Waals surface area contributed by atoms with Crippen molar-refractivity contribution in [2.45, 2.75) is 13.1 Å². The smallest absolute Gasteiger partial charge is 0.309 e. The third-order valence-corrected chi connectivity index (χ3v) is 5.50. The number of rotatable bonds is 5. The van der Waals surface area contributed by atoms with Gasteiger partial charge >= 0.3 is 11.8 Å². The van der Waals surface area contributed by atoms with Crippen molar-refractivity contribution in [3.8, 4) is 11.4 Å². The fourth-order valence-corrected chi connectivity index (χ4v) is 3.32. The van der Waals surface area contributed by atoms with Gasteiger partial charge in [-0.15, -0.1) is 0 Å². The van der Waals surface area contributed by atoms with Crippen molar-refractivity contribution in [2.75, 3.05) is 0 Å². The summed E-state index contributed by atoms with van der Waals surface area (Å²) in [6, 6.07) is 10.7. The van der Waals surface area contributed by atoms with E-state index in [1.54, 1.807) is 12.1 Å². The average Bonchev–Trinajstić information content (AvgIpc) is 3.38. The number of amides is 2. The summed E-state index contributed by atoms with van der Waals surface area (Å²) in [6.45, 7) is 0.0591. The molecule has 4 rings (SSSR count). The molecule has 9 nitrogen and oxygen atoms in total. The largest absolute Gasteiger partial charge is 0.341 e. The van der Waals surface area contributed by atoms with Crippen LogP contribution in [0.2, 0.25) is 10.0 Å². The molecule has 4 aromatic rings. The number of aromatic nitrogens is 5. The van der Waals surface area contributed by atoms with Gasteiger partial charge in [0.15, 0.2) is 5.82 Å². The normalized spacial score (nSPS) is 10.9. The van der Waals surface area contributed by atoms with Gasteiger partial charge in [0.25, 0.3) is 0 Å². The van der Waals surface area contributed by atoms with Crippen LogP contribution in [0.4, 0.5) is 0 Å². The van der Waals surface area contributed by atoms with Crippen LogP contribution in [0.15, 0.2) is 40.9 Å². The summed E-state index contributed by atoms with van der Waals surface area (Å²) < 4.78 is 0.945. The number of hydrogen-bond acceptors (Lipinski definition) is 5. The van der Waals surface area contributed by atoms with Crippen LogP contribution in [0.25, 0.3) is 22.4 Å². The summed E-state index contributed by atoms with van der Waals surface area (Å²) in [7, 11) is 0. The first-order valence-electron chi connectivity index (χ1n) is 8.96. The maximum atomic E-state index is 12.1. The van der Waals surface area contributed by atoms with E-state index in [-0.39, 0.29) is 13.1 Å². The summed E-state index contributed by atoms with van der Waals surface area (Å²) in [5.41, 5.74) is 2.10. The standard InChI is InChI=1S/C19H14BrCl2N7O2/c20-10-3-1-9(2-4-10)17-27-16(28-29-17)8-24-19(31)18(30)23-7-15-25-13-5-11(21)12(22)6-14(13)26-15/h1-6H,7-8H2,(H,23,30)(H,24,31)(H,25,26)(H,27,28,29). The van der Waals surface area contributed by atoms with E-state index in [0.29, 0.717) is 38.6 Å². The Labute approximate surface area is 194 Å². The third kappa shape index (κ3) is 5.04. The molecular weight excluding hydrogens is 509 g/mol. The molecule has 0 saturated heterocycles. The van der Waals surface area contributed by atoms with Crippen molar-refractivity contribution in [2.24, 2.45) is 0 Å². The Balaban J connectivity index is 1.30. The zero-order chi connectivity index (χ0) is 22.0. The number of hydrogen-bond donors (Lipinski definition) is 4. The number of H-pyrrole nitrogens is 2. The van der Waals surface area contributed by atoms with Crippen molar-refractivity contribution in [3.05, 3.63) is 62.6 Å². The van der Waals surface area contributed by atoms with Gasteiger partial charge in [0.2, 0.25) is 0 Å². The van der Waals surface area contributed by atoms with E-state index in [0.717, 1.165) is 10.0 Å². The number of aromatic amines is 2. The van der Waals surface area contributed by atoms with Gasteiger partial charge in [-0.1, -0.05) is 51.3 Å². The fourth-order valence-electron chi connectivity index (χ4n) is 2.73. The summed E-state index contributed by atoms with van der Waals surface area (Å²) in [6.07, 6.45) is 0. The van der Waals surface area contributed by atoms with Crippen LogP contribution < -0.4 is 10.6 Å². The molecule has 0 unspecified atom stereocenters. The summed E-state index contributed by atoms with van der Waals surface area (Å²) in [5, 5.41) is 12.6. The first kappa shape index (κ1) is 21.3. The van der Waals surface area contributed by atoms with Crippen molar-refractivity contribution < 1.29 is 9.59 Å². The number of imidazole rings is 1. The molecule has 0 radical (unpaired) electrons. The Bertz CT molecular complexity index is 1230. The topological polar surface area (TPSA) is 128 Å². The van der Waals surface area contributed by atoms with Crippen LogP contribution in [-0.2, 0) is 22.7 Å². The van der Waals surface area contributed by atoms with Gasteiger partial charge in [-0.05, 0) is 24.3 Å².